The number of aliphatic hydroxyl groups is 1. The molecule has 2 unspecified atom stereocenters. The lowest BCUT2D eigenvalue weighted by molar-refractivity contribution is -0.105. The van der Waals surface area contributed by atoms with Crippen LogP contribution in [-0.4, -0.2) is 35.7 Å². The zero-order chi connectivity index (χ0) is 19.9. The number of benzene rings is 1. The van der Waals surface area contributed by atoms with Gasteiger partial charge in [0.05, 0.1) is 6.10 Å². The highest BCUT2D eigenvalue weighted by Gasteiger charge is 2.19. The number of nitrogens with one attached hydrogen (secondary N) is 1. The summed E-state index contributed by atoms with van der Waals surface area (Å²) in [5, 5.41) is 12.1. The van der Waals surface area contributed by atoms with Crippen LogP contribution < -0.4 is 5.32 Å². The fraction of sp³-hybridized carbons (Fsp3) is 0.526. The molecule has 1 aromatic carbocycles. The predicted octanol–water partition coefficient (Wildman–Crippen LogP) is 3.62. The summed E-state index contributed by atoms with van der Waals surface area (Å²) in [7, 11) is 0. The van der Waals surface area contributed by atoms with E-state index in [1.807, 2.05) is 0 Å². The second kappa shape index (κ2) is 9.64. The molecule has 1 rings (SSSR count). The number of carbonyl (C=O) groups excluding carboxylic acids is 1. The average molecular weight is 371 g/mol. The van der Waals surface area contributed by atoms with Gasteiger partial charge in [-0.1, -0.05) is 6.58 Å². The molecule has 0 saturated carbocycles. The second-order valence-corrected chi connectivity index (χ2v) is 7.00. The van der Waals surface area contributed by atoms with E-state index in [9.17, 15) is 18.7 Å². The maximum absolute atomic E-state index is 13.9. The number of halogens is 2. The van der Waals surface area contributed by atoms with E-state index in [0.717, 1.165) is 12.1 Å². The van der Waals surface area contributed by atoms with Crippen LogP contribution in [0.15, 0.2) is 24.8 Å². The molecule has 1 aromatic rings. The molecule has 0 aliphatic carbocycles. The Hall–Kier alpha value is -1.99. The van der Waals surface area contributed by atoms with Gasteiger partial charge in [0.15, 0.2) is 6.29 Å². The molecule has 0 bridgehead atoms. The van der Waals surface area contributed by atoms with Crippen LogP contribution in [0.2, 0.25) is 0 Å². The molecule has 0 radical (unpaired) electrons. The summed E-state index contributed by atoms with van der Waals surface area (Å²) in [5.41, 5.74) is -0.219. The minimum absolute atomic E-state index is 0.0375. The number of ether oxygens (including phenoxy) is 2. The number of alkyl carbamates (subject to hydrolysis) is 1. The summed E-state index contributed by atoms with van der Waals surface area (Å²) >= 11 is 0. The minimum Gasteiger partial charge on any atom is -0.444 e. The number of hydrogen-bond acceptors (Lipinski definition) is 4. The van der Waals surface area contributed by atoms with Crippen LogP contribution in [0.1, 0.15) is 38.3 Å². The highest BCUT2D eigenvalue weighted by Crippen LogP contribution is 2.17. The van der Waals surface area contributed by atoms with Gasteiger partial charge in [-0.15, -0.1) is 0 Å². The molecule has 26 heavy (non-hydrogen) atoms. The lowest BCUT2D eigenvalue weighted by Gasteiger charge is -2.23. The van der Waals surface area contributed by atoms with E-state index in [-0.39, 0.29) is 30.5 Å². The normalized spacial score (nSPS) is 13.8. The summed E-state index contributed by atoms with van der Waals surface area (Å²) in [6.07, 6.45) is -0.897. The number of aliphatic hydroxyl groups excluding tert-OH is 1. The quantitative estimate of drug-likeness (QED) is 0.541. The Morgan fingerprint density at radius 1 is 1.35 bits per heavy atom. The van der Waals surface area contributed by atoms with Gasteiger partial charge in [0.2, 0.25) is 0 Å². The van der Waals surface area contributed by atoms with E-state index in [1.165, 1.54) is 13.0 Å². The van der Waals surface area contributed by atoms with Gasteiger partial charge in [0, 0.05) is 6.54 Å². The van der Waals surface area contributed by atoms with Crippen LogP contribution in [0.5, 0.6) is 0 Å². The predicted molar refractivity (Wildman–Crippen MR) is 94.7 cm³/mol. The summed E-state index contributed by atoms with van der Waals surface area (Å²) in [6, 6.07) is 2.28. The maximum atomic E-state index is 13.9. The summed E-state index contributed by atoms with van der Waals surface area (Å²) in [6.45, 7) is 10.1. The summed E-state index contributed by atoms with van der Waals surface area (Å²) < 4.78 is 38.1. The number of carbonyl (C=O) groups is 1. The number of aryl methyl sites for hydroxylation is 2. The molecule has 5 nitrogen and oxygen atoms in total. The van der Waals surface area contributed by atoms with Gasteiger partial charge >= 0.3 is 6.09 Å². The van der Waals surface area contributed by atoms with Gasteiger partial charge in [-0.25, -0.2) is 13.6 Å². The Morgan fingerprint density at radius 3 is 2.58 bits per heavy atom. The van der Waals surface area contributed by atoms with Crippen molar-refractivity contribution in [1.82, 2.24) is 5.32 Å². The lowest BCUT2D eigenvalue weighted by atomic mass is 10.0. The van der Waals surface area contributed by atoms with Gasteiger partial charge in [-0.05, 0) is 69.9 Å². The standard InChI is InChI=1S/C19H27F2NO4/c1-6-17(23)25-14(11-22-18(24)26-19(3,4)5)8-7-13-10-15(20)12(2)9-16(13)21/h6,9-10,14,17,23H,1,7-8,11H2,2-5H3,(H,22,24). The fourth-order valence-corrected chi connectivity index (χ4v) is 2.18. The molecular formula is C19H27F2NO4. The van der Waals surface area contributed by atoms with Gasteiger partial charge in [-0.2, -0.15) is 0 Å². The Morgan fingerprint density at radius 2 is 2.00 bits per heavy atom. The average Bonchev–Trinajstić information content (AvgIpc) is 2.52. The Balaban J connectivity index is 2.70. The van der Waals surface area contributed by atoms with Crippen molar-refractivity contribution in [2.75, 3.05) is 6.54 Å². The molecule has 0 aliphatic rings. The van der Waals surface area contributed by atoms with Crippen molar-refractivity contribution in [3.63, 3.8) is 0 Å². The SMILES string of the molecule is C=CC(O)OC(CCc1cc(F)c(C)cc1F)CNC(=O)OC(C)(C)C. The van der Waals surface area contributed by atoms with Gasteiger partial charge in [0.1, 0.15) is 17.2 Å². The van der Waals surface area contributed by atoms with Crippen LogP contribution in [0.4, 0.5) is 13.6 Å². The van der Waals surface area contributed by atoms with Crippen molar-refractivity contribution < 1.29 is 28.2 Å². The number of amides is 1. The molecule has 0 fully saturated rings. The van der Waals surface area contributed by atoms with Crippen LogP contribution >= 0.6 is 0 Å². The molecule has 0 spiro atoms. The minimum atomic E-state index is -1.24. The molecule has 2 atom stereocenters. The highest BCUT2D eigenvalue weighted by atomic mass is 19.1. The molecule has 7 heteroatoms. The number of hydrogen-bond donors (Lipinski definition) is 2. The lowest BCUT2D eigenvalue weighted by Crippen LogP contribution is -2.39. The molecule has 0 saturated heterocycles. The topological polar surface area (TPSA) is 67.8 Å². The molecule has 0 heterocycles. The Bertz CT molecular complexity index is 629. The van der Waals surface area contributed by atoms with Crippen LogP contribution in [-0.2, 0) is 15.9 Å². The van der Waals surface area contributed by atoms with Gasteiger partial charge < -0.3 is 19.9 Å². The Labute approximate surface area is 153 Å². The van der Waals surface area contributed by atoms with E-state index < -0.39 is 35.7 Å². The first-order valence-corrected chi connectivity index (χ1v) is 8.39. The van der Waals surface area contributed by atoms with E-state index in [2.05, 4.69) is 11.9 Å². The van der Waals surface area contributed by atoms with Gasteiger partial charge in [0.25, 0.3) is 0 Å². The van der Waals surface area contributed by atoms with Crippen LogP contribution in [0.3, 0.4) is 0 Å². The Kier molecular flexibility index (Phi) is 8.17. The number of rotatable bonds is 8. The van der Waals surface area contributed by atoms with E-state index >= 15 is 0 Å². The van der Waals surface area contributed by atoms with E-state index in [1.54, 1.807) is 20.8 Å². The molecular weight excluding hydrogens is 344 g/mol. The first-order valence-electron chi connectivity index (χ1n) is 8.39. The zero-order valence-corrected chi connectivity index (χ0v) is 15.6. The van der Waals surface area contributed by atoms with E-state index in [0.29, 0.717) is 0 Å². The van der Waals surface area contributed by atoms with Crippen molar-refractivity contribution in [3.05, 3.63) is 47.5 Å². The monoisotopic (exact) mass is 371 g/mol. The molecule has 1 amide bonds. The zero-order valence-electron chi connectivity index (χ0n) is 15.6. The molecule has 0 aromatic heterocycles. The van der Waals surface area contributed by atoms with Gasteiger partial charge in [-0.3, -0.25) is 0 Å². The molecule has 2 N–H and O–H groups in total. The summed E-state index contributed by atoms with van der Waals surface area (Å²) in [4.78, 5) is 11.7. The first-order chi connectivity index (χ1) is 12.0. The largest absolute Gasteiger partial charge is 0.444 e. The molecule has 146 valence electrons. The van der Waals surface area contributed by atoms with Crippen molar-refractivity contribution in [2.45, 2.75) is 58.5 Å². The maximum Gasteiger partial charge on any atom is 0.407 e. The second-order valence-electron chi connectivity index (χ2n) is 7.00. The third-order valence-electron chi connectivity index (χ3n) is 3.47. The van der Waals surface area contributed by atoms with Crippen LogP contribution in [0, 0.1) is 18.6 Å². The smallest absolute Gasteiger partial charge is 0.407 e. The van der Waals surface area contributed by atoms with Crippen molar-refractivity contribution in [1.29, 1.82) is 0 Å². The highest BCUT2D eigenvalue weighted by molar-refractivity contribution is 5.67. The summed E-state index contributed by atoms with van der Waals surface area (Å²) in [5.74, 6) is -0.996. The van der Waals surface area contributed by atoms with Crippen molar-refractivity contribution >= 4 is 6.09 Å². The van der Waals surface area contributed by atoms with Crippen molar-refractivity contribution in [3.8, 4) is 0 Å². The van der Waals surface area contributed by atoms with Crippen molar-refractivity contribution in [2.24, 2.45) is 0 Å². The molecule has 0 aliphatic heterocycles. The first kappa shape index (κ1) is 22.1. The van der Waals surface area contributed by atoms with Crippen LogP contribution in [0.25, 0.3) is 0 Å². The third kappa shape index (κ3) is 7.93. The third-order valence-corrected chi connectivity index (χ3v) is 3.47. The fourth-order valence-electron chi connectivity index (χ4n) is 2.18. The van der Waals surface area contributed by atoms with E-state index in [4.69, 9.17) is 9.47 Å².